The van der Waals surface area contributed by atoms with Crippen LogP contribution in [0, 0.1) is 5.41 Å². The molecule has 4 heteroatoms. The van der Waals surface area contributed by atoms with Crippen LogP contribution in [0.4, 0.5) is 0 Å². The maximum absolute atomic E-state index is 10.2. The third kappa shape index (κ3) is 1.20. The van der Waals surface area contributed by atoms with E-state index in [0.717, 1.165) is 5.32 Å². The second-order valence-electron chi connectivity index (χ2n) is 1.56. The summed E-state index contributed by atoms with van der Waals surface area (Å²) < 4.78 is 0.315. The van der Waals surface area contributed by atoms with Crippen molar-refractivity contribution in [1.29, 1.82) is 5.41 Å². The van der Waals surface area contributed by atoms with Crippen LogP contribution >= 0.6 is 0 Å². The van der Waals surface area contributed by atoms with Gasteiger partial charge in [0.15, 0.2) is 0 Å². The standard InChI is InChI=1S/C5H5NO2Se/c6-4-3(5(7)8)1-2-9-4/h1,6H,2H2,(H,7,8)/q+1. The van der Waals surface area contributed by atoms with Gasteiger partial charge in [-0.3, -0.25) is 0 Å². The van der Waals surface area contributed by atoms with Crippen molar-refractivity contribution >= 4 is 25.5 Å². The van der Waals surface area contributed by atoms with E-state index in [1.807, 2.05) is 0 Å². The molecule has 47 valence electrons. The minimum atomic E-state index is -0.959. The average molecular weight is 190 g/mol. The van der Waals surface area contributed by atoms with Crippen LogP contribution in [-0.4, -0.2) is 30.6 Å². The molecule has 1 aliphatic rings. The van der Waals surface area contributed by atoms with Crippen LogP contribution in [0.15, 0.2) is 11.6 Å². The first kappa shape index (κ1) is 6.52. The number of rotatable bonds is 1. The van der Waals surface area contributed by atoms with Crippen LogP contribution in [0.1, 0.15) is 0 Å². The summed E-state index contributed by atoms with van der Waals surface area (Å²) in [5.41, 5.74) is 0.204. The van der Waals surface area contributed by atoms with Crippen LogP contribution in [0.2, 0.25) is 5.32 Å². The Morgan fingerprint density at radius 3 is 2.78 bits per heavy atom. The molecule has 0 fully saturated rings. The van der Waals surface area contributed by atoms with Crippen LogP contribution < -0.4 is 0 Å². The van der Waals surface area contributed by atoms with E-state index in [-0.39, 0.29) is 20.5 Å². The number of hydrogen-bond donors (Lipinski definition) is 2. The van der Waals surface area contributed by atoms with E-state index in [0.29, 0.717) is 4.61 Å². The second kappa shape index (κ2) is 2.33. The van der Waals surface area contributed by atoms with Crippen molar-refractivity contribution in [2.45, 2.75) is 5.32 Å². The summed E-state index contributed by atoms with van der Waals surface area (Å²) >= 11 is 0.0910. The second-order valence-corrected chi connectivity index (χ2v) is 3.72. The van der Waals surface area contributed by atoms with Gasteiger partial charge in [0, 0.05) is 0 Å². The predicted molar refractivity (Wildman–Crippen MR) is 34.0 cm³/mol. The van der Waals surface area contributed by atoms with E-state index in [9.17, 15) is 4.79 Å². The van der Waals surface area contributed by atoms with Crippen molar-refractivity contribution < 1.29 is 9.90 Å². The van der Waals surface area contributed by atoms with Gasteiger partial charge in [0.1, 0.15) is 0 Å². The first-order chi connectivity index (χ1) is 4.22. The monoisotopic (exact) mass is 191 g/mol. The number of hydrogen-bond acceptors (Lipinski definition) is 2. The molecule has 0 aliphatic carbocycles. The molecule has 0 saturated heterocycles. The van der Waals surface area contributed by atoms with E-state index < -0.39 is 5.97 Å². The van der Waals surface area contributed by atoms with E-state index in [2.05, 4.69) is 0 Å². The van der Waals surface area contributed by atoms with Crippen molar-refractivity contribution in [2.24, 2.45) is 0 Å². The molecule has 2 N–H and O–H groups in total. The number of carboxylic acids is 1. The van der Waals surface area contributed by atoms with E-state index in [1.165, 1.54) is 0 Å². The van der Waals surface area contributed by atoms with Gasteiger partial charge in [0.25, 0.3) is 0 Å². The Kier molecular flexibility index (Phi) is 1.69. The molecule has 9 heavy (non-hydrogen) atoms. The average Bonchev–Trinajstić information content (AvgIpc) is 2.13. The Labute approximate surface area is 58.4 Å². The van der Waals surface area contributed by atoms with Crippen molar-refractivity contribution in [3.8, 4) is 0 Å². The summed E-state index contributed by atoms with van der Waals surface area (Å²) in [6.45, 7) is 0. The molecule has 0 saturated carbocycles. The molecule has 1 aliphatic heterocycles. The Morgan fingerprint density at radius 1 is 1.89 bits per heavy atom. The Morgan fingerprint density at radius 2 is 2.56 bits per heavy atom. The van der Waals surface area contributed by atoms with Gasteiger partial charge in [-0.2, -0.15) is 0 Å². The van der Waals surface area contributed by atoms with Crippen LogP contribution in [0.25, 0.3) is 0 Å². The molecule has 0 aromatic rings. The molecule has 0 aromatic heterocycles. The van der Waals surface area contributed by atoms with E-state index in [4.69, 9.17) is 10.5 Å². The summed E-state index contributed by atoms with van der Waals surface area (Å²) in [6.07, 6.45) is 1.62. The third-order valence-corrected chi connectivity index (χ3v) is 2.76. The molecule has 0 amide bonds. The SMILES string of the molecule is N=C1[Se+]CC=C1C(=O)O. The first-order valence-corrected chi connectivity index (χ1v) is 4.44. The predicted octanol–water partition coefficient (Wildman–Crippen LogP) is 0.111. The normalized spacial score (nSPS) is 17.8. The summed E-state index contributed by atoms with van der Waals surface area (Å²) in [6, 6.07) is 0. The Hall–Kier alpha value is -0.601. The minimum absolute atomic E-state index is 0.0910. The van der Waals surface area contributed by atoms with Crippen molar-refractivity contribution in [3.05, 3.63) is 11.6 Å². The molecule has 0 unspecified atom stereocenters. The Bertz CT molecular complexity index is 197. The van der Waals surface area contributed by atoms with E-state index in [1.54, 1.807) is 6.08 Å². The zero-order chi connectivity index (χ0) is 6.85. The van der Waals surface area contributed by atoms with Crippen molar-refractivity contribution in [1.82, 2.24) is 0 Å². The molecule has 0 atom stereocenters. The molecule has 1 radical (unpaired) electrons. The van der Waals surface area contributed by atoms with Crippen molar-refractivity contribution in [3.63, 3.8) is 0 Å². The Balaban J connectivity index is 2.80. The molecule has 0 spiro atoms. The molecular formula is C5H5NO2Se+. The number of aliphatic carboxylic acids is 1. The first-order valence-electron chi connectivity index (χ1n) is 2.37. The van der Waals surface area contributed by atoms with Gasteiger partial charge >= 0.3 is 57.8 Å². The van der Waals surface area contributed by atoms with Crippen LogP contribution in [0.3, 0.4) is 0 Å². The van der Waals surface area contributed by atoms with Gasteiger partial charge in [-0.15, -0.1) is 0 Å². The number of allylic oxidation sites excluding steroid dienone is 1. The maximum atomic E-state index is 10.2. The molecule has 0 bridgehead atoms. The fraction of sp³-hybridized carbons (Fsp3) is 0.200. The quantitative estimate of drug-likeness (QED) is 0.576. The molecule has 1 heterocycles. The summed E-state index contributed by atoms with van der Waals surface area (Å²) in [7, 11) is 0. The zero-order valence-electron chi connectivity index (χ0n) is 4.55. The number of nitrogens with one attached hydrogen (secondary N) is 1. The topological polar surface area (TPSA) is 61.2 Å². The van der Waals surface area contributed by atoms with Gasteiger partial charge in [0.05, 0.1) is 0 Å². The fourth-order valence-corrected chi connectivity index (χ4v) is 2.12. The van der Waals surface area contributed by atoms with Crippen molar-refractivity contribution in [2.75, 3.05) is 0 Å². The molecular weight excluding hydrogens is 185 g/mol. The van der Waals surface area contributed by atoms with Crippen LogP contribution in [-0.2, 0) is 4.79 Å². The summed E-state index contributed by atoms with van der Waals surface area (Å²) in [5.74, 6) is -0.959. The van der Waals surface area contributed by atoms with Gasteiger partial charge in [-0.25, -0.2) is 0 Å². The van der Waals surface area contributed by atoms with Gasteiger partial charge < -0.3 is 0 Å². The van der Waals surface area contributed by atoms with Crippen LogP contribution in [0.5, 0.6) is 0 Å². The van der Waals surface area contributed by atoms with Gasteiger partial charge in [-0.05, 0) is 0 Å². The molecule has 1 rings (SSSR count). The fourth-order valence-electron chi connectivity index (χ4n) is 0.563. The number of carboxylic acid groups (broad SMARTS) is 1. The third-order valence-electron chi connectivity index (χ3n) is 0.990. The molecule has 3 nitrogen and oxygen atoms in total. The van der Waals surface area contributed by atoms with E-state index >= 15 is 0 Å². The van der Waals surface area contributed by atoms with Gasteiger partial charge in [0.2, 0.25) is 0 Å². The molecule has 0 aromatic carbocycles. The summed E-state index contributed by atoms with van der Waals surface area (Å²) in [4.78, 5) is 10.2. The zero-order valence-corrected chi connectivity index (χ0v) is 6.26. The summed E-state index contributed by atoms with van der Waals surface area (Å²) in [5, 5.41) is 16.3. The number of carbonyl (C=O) groups is 1. The van der Waals surface area contributed by atoms with Gasteiger partial charge in [-0.1, -0.05) is 0 Å².